The lowest BCUT2D eigenvalue weighted by molar-refractivity contribution is -0.153. The second kappa shape index (κ2) is 14.4. The van der Waals surface area contributed by atoms with Crippen LogP contribution in [-0.4, -0.2) is 51.9 Å². The number of carbonyl (C=O) groups excluding carboxylic acids is 2. The van der Waals surface area contributed by atoms with Gasteiger partial charge in [0.05, 0.1) is 18.1 Å². The number of hydrogen-bond acceptors (Lipinski definition) is 5. The first-order valence-electron chi connectivity index (χ1n) is 17.6. The second-order valence-corrected chi connectivity index (χ2v) is 17.4. The van der Waals surface area contributed by atoms with Crippen molar-refractivity contribution in [3.63, 3.8) is 0 Å². The molecule has 2 heterocycles. The van der Waals surface area contributed by atoms with Crippen LogP contribution in [0.1, 0.15) is 83.5 Å². The minimum atomic E-state index is -0.728. The molecule has 0 N–H and O–H groups in total. The van der Waals surface area contributed by atoms with Gasteiger partial charge in [-0.15, -0.1) is 11.8 Å². The summed E-state index contributed by atoms with van der Waals surface area (Å²) in [5.74, 6) is 1.26. The number of halogens is 1. The zero-order valence-electron chi connectivity index (χ0n) is 29.6. The van der Waals surface area contributed by atoms with Gasteiger partial charge in [0.25, 0.3) is 0 Å². The fourth-order valence-corrected chi connectivity index (χ4v) is 8.36. The summed E-state index contributed by atoms with van der Waals surface area (Å²) < 4.78 is 14.3. The summed E-state index contributed by atoms with van der Waals surface area (Å²) in [5, 5.41) is 1.80. The molecule has 1 aliphatic heterocycles. The SMILES string of the molecule is CCOC(=O)C(C)(C)Cc1c(SC(C)(C)C)c2cc(OCC3CCCN3C(=O)C3CC3c3ccccc3)ccc2n1Cc1ccc(Cl)cc1. The van der Waals surface area contributed by atoms with Gasteiger partial charge in [0, 0.05) is 56.7 Å². The maximum absolute atomic E-state index is 13.6. The normalized spacial score (nSPS) is 19.3. The summed E-state index contributed by atoms with van der Waals surface area (Å²) in [5.41, 5.74) is 3.85. The molecule has 0 spiro atoms. The van der Waals surface area contributed by atoms with Crippen LogP contribution in [0.5, 0.6) is 5.75 Å². The van der Waals surface area contributed by atoms with Crippen molar-refractivity contribution in [2.24, 2.45) is 11.3 Å². The van der Waals surface area contributed by atoms with Crippen molar-refractivity contribution in [3.05, 3.63) is 94.6 Å². The molecule has 3 unspecified atom stereocenters. The van der Waals surface area contributed by atoms with E-state index in [2.05, 4.69) is 78.8 Å². The number of likely N-dealkylation sites (tertiary alicyclic amines) is 1. The number of fused-ring (bicyclic) bond motifs is 1. The number of rotatable bonds is 12. The predicted octanol–water partition coefficient (Wildman–Crippen LogP) is 9.54. The summed E-state index contributed by atoms with van der Waals surface area (Å²) in [7, 11) is 0. The summed E-state index contributed by atoms with van der Waals surface area (Å²) in [6, 6.07) is 24.8. The van der Waals surface area contributed by atoms with Gasteiger partial charge in [-0.3, -0.25) is 9.59 Å². The highest BCUT2D eigenvalue weighted by atomic mass is 35.5. The highest BCUT2D eigenvalue weighted by molar-refractivity contribution is 8.00. The van der Waals surface area contributed by atoms with Crippen LogP contribution in [0.25, 0.3) is 10.9 Å². The number of hydrogen-bond donors (Lipinski definition) is 0. The quantitative estimate of drug-likeness (QED) is 0.109. The van der Waals surface area contributed by atoms with E-state index in [1.54, 1.807) is 0 Å². The van der Waals surface area contributed by atoms with Crippen LogP contribution in [-0.2, 0) is 27.3 Å². The topological polar surface area (TPSA) is 60.8 Å². The van der Waals surface area contributed by atoms with Gasteiger partial charge in [-0.25, -0.2) is 0 Å². The van der Waals surface area contributed by atoms with Gasteiger partial charge in [0.1, 0.15) is 12.4 Å². The third-order valence-corrected chi connectivity index (χ3v) is 11.2. The van der Waals surface area contributed by atoms with Crippen molar-refractivity contribution >= 4 is 46.1 Å². The maximum atomic E-state index is 13.6. The molecule has 0 radical (unpaired) electrons. The van der Waals surface area contributed by atoms with Crippen LogP contribution in [0.2, 0.25) is 5.02 Å². The Morgan fingerprint density at radius 3 is 2.41 bits per heavy atom. The molecule has 2 fully saturated rings. The second-order valence-electron chi connectivity index (χ2n) is 15.2. The number of amides is 1. The molecule has 1 aliphatic carbocycles. The minimum absolute atomic E-state index is 0.0686. The van der Waals surface area contributed by atoms with Crippen molar-refractivity contribution in [2.45, 2.75) is 95.4 Å². The number of nitrogens with zero attached hydrogens (tertiary/aromatic N) is 2. The van der Waals surface area contributed by atoms with Crippen LogP contribution in [0.3, 0.4) is 0 Å². The Morgan fingerprint density at radius 2 is 1.71 bits per heavy atom. The van der Waals surface area contributed by atoms with E-state index in [-0.39, 0.29) is 28.6 Å². The molecule has 6 nitrogen and oxygen atoms in total. The summed E-state index contributed by atoms with van der Waals surface area (Å²) in [6.07, 6.45) is 3.40. The molecule has 8 heteroatoms. The molecule has 1 aromatic heterocycles. The van der Waals surface area contributed by atoms with Crippen molar-refractivity contribution in [2.75, 3.05) is 19.8 Å². The summed E-state index contributed by atoms with van der Waals surface area (Å²) in [4.78, 5) is 30.0. The van der Waals surface area contributed by atoms with Crippen LogP contribution < -0.4 is 4.74 Å². The van der Waals surface area contributed by atoms with E-state index < -0.39 is 5.41 Å². The lowest BCUT2D eigenvalue weighted by atomic mass is 9.87. The maximum Gasteiger partial charge on any atom is 0.311 e. The molecular weight excluding hydrogens is 652 g/mol. The Kier molecular flexibility index (Phi) is 10.4. The molecule has 2 aliphatic rings. The van der Waals surface area contributed by atoms with Gasteiger partial charge in [-0.1, -0.05) is 74.8 Å². The van der Waals surface area contributed by atoms with Crippen LogP contribution in [0, 0.1) is 11.3 Å². The van der Waals surface area contributed by atoms with E-state index in [0.717, 1.165) is 58.6 Å². The summed E-state index contributed by atoms with van der Waals surface area (Å²) >= 11 is 8.06. The Bertz CT molecular complexity index is 1790. The zero-order chi connectivity index (χ0) is 34.9. The third kappa shape index (κ3) is 8.15. The largest absolute Gasteiger partial charge is 0.491 e. The van der Waals surface area contributed by atoms with E-state index in [1.807, 2.05) is 56.8 Å². The zero-order valence-corrected chi connectivity index (χ0v) is 31.2. The van der Waals surface area contributed by atoms with E-state index in [0.29, 0.717) is 37.1 Å². The smallest absolute Gasteiger partial charge is 0.311 e. The standard InChI is InChI=1S/C41H49ClN2O4S/c1-7-47-39(46)41(5,6)24-36-37(49-40(2,3)4)34-22-31(19-20-35(34)44(36)25-27-15-17-29(42)18-16-27)48-26-30-14-11-21-43(30)38(45)33-23-32(33)28-12-9-8-10-13-28/h8-10,12-13,15-20,22,30,32-33H,7,11,14,21,23-26H2,1-6H3. The Balaban J connectivity index is 1.29. The molecule has 260 valence electrons. The fourth-order valence-electron chi connectivity index (χ4n) is 7.05. The van der Waals surface area contributed by atoms with Gasteiger partial charge < -0.3 is 18.9 Å². The van der Waals surface area contributed by atoms with E-state index in [1.165, 1.54) is 5.56 Å². The molecule has 49 heavy (non-hydrogen) atoms. The average Bonchev–Trinajstić information content (AvgIpc) is 3.66. The molecule has 3 atom stereocenters. The van der Waals surface area contributed by atoms with Crippen LogP contribution in [0.4, 0.5) is 0 Å². The molecule has 1 amide bonds. The Labute approximate surface area is 300 Å². The number of aromatic nitrogens is 1. The molecule has 1 saturated heterocycles. The lowest BCUT2D eigenvalue weighted by Gasteiger charge is -2.26. The van der Waals surface area contributed by atoms with Gasteiger partial charge in [-0.05, 0) is 87.4 Å². The molecule has 3 aromatic carbocycles. The average molecular weight is 701 g/mol. The molecule has 6 rings (SSSR count). The van der Waals surface area contributed by atoms with Gasteiger partial charge >= 0.3 is 5.97 Å². The van der Waals surface area contributed by atoms with E-state index in [4.69, 9.17) is 21.1 Å². The Hall–Kier alpha value is -3.42. The monoisotopic (exact) mass is 700 g/mol. The lowest BCUT2D eigenvalue weighted by Crippen LogP contribution is -2.40. The number of benzene rings is 3. The fraction of sp³-hybridized carbons (Fsp3) is 0.463. The molecule has 1 saturated carbocycles. The van der Waals surface area contributed by atoms with Crippen LogP contribution >= 0.6 is 23.4 Å². The first kappa shape index (κ1) is 35.4. The first-order valence-corrected chi connectivity index (χ1v) is 18.8. The number of carbonyl (C=O) groups is 2. The number of thioether (sulfide) groups is 1. The Morgan fingerprint density at radius 1 is 0.980 bits per heavy atom. The van der Waals surface area contributed by atoms with Crippen molar-refractivity contribution in [1.82, 2.24) is 9.47 Å². The minimum Gasteiger partial charge on any atom is -0.491 e. The van der Waals surface area contributed by atoms with Crippen molar-refractivity contribution in [3.8, 4) is 5.75 Å². The van der Waals surface area contributed by atoms with Crippen molar-refractivity contribution < 1.29 is 19.1 Å². The molecule has 4 aromatic rings. The highest BCUT2D eigenvalue weighted by Gasteiger charge is 2.47. The van der Waals surface area contributed by atoms with Gasteiger partial charge in [0.2, 0.25) is 5.91 Å². The predicted molar refractivity (Wildman–Crippen MR) is 200 cm³/mol. The number of esters is 1. The van der Waals surface area contributed by atoms with Gasteiger partial charge in [0.15, 0.2) is 0 Å². The molecular formula is C41H49ClN2O4S. The van der Waals surface area contributed by atoms with Crippen LogP contribution in [0.15, 0.2) is 77.7 Å². The molecule has 0 bridgehead atoms. The van der Waals surface area contributed by atoms with E-state index in [9.17, 15) is 9.59 Å². The number of ether oxygens (including phenoxy) is 2. The highest BCUT2D eigenvalue weighted by Crippen LogP contribution is 2.49. The third-order valence-electron chi connectivity index (χ3n) is 9.63. The van der Waals surface area contributed by atoms with E-state index >= 15 is 0 Å². The van der Waals surface area contributed by atoms with Gasteiger partial charge in [-0.2, -0.15) is 0 Å². The first-order chi connectivity index (χ1) is 23.3. The van der Waals surface area contributed by atoms with Crippen molar-refractivity contribution in [1.29, 1.82) is 0 Å². The summed E-state index contributed by atoms with van der Waals surface area (Å²) in [6.45, 7) is 14.7.